The molecule has 0 spiro atoms. The van der Waals surface area contributed by atoms with Gasteiger partial charge in [0.05, 0.1) is 0 Å². The van der Waals surface area contributed by atoms with E-state index in [1.165, 1.54) is 0 Å². The normalized spacial score (nSPS) is 11.0. The van der Waals surface area contributed by atoms with Crippen molar-refractivity contribution in [1.82, 2.24) is 0 Å². The first-order valence-electron chi connectivity index (χ1n) is 21.5. The Kier molecular flexibility index (Phi) is 12.2. The summed E-state index contributed by atoms with van der Waals surface area (Å²) < 4.78 is 24.9. The number of benzene rings is 10. The highest BCUT2D eigenvalue weighted by atomic mass is 35.5. The number of halogens is 2. The Balaban J connectivity index is 0.755. The Hall–Kier alpha value is -8.49. The first kappa shape index (κ1) is 43.4. The van der Waals surface area contributed by atoms with Crippen molar-refractivity contribution in [3.8, 4) is 46.0 Å². The zero-order chi connectivity index (χ0) is 46.6. The number of hydrogen-bond donors (Lipinski definition) is 0. The standard InChI is InChI=1S/C59H36Cl2O7/c60-46-19-4-39(5-20-46)57(62)41-11-23-48(24-12-41)65-52-31-8-37-9-32-53(35-45(37)34-52)66-49-25-13-42(14-26-49)59(64)43-15-27-50(28-16-43)67-54-33-10-38-2-1-3-56(55(38)36-54)68-51-29-17-44(18-30-51)58(63)40-6-21-47(61)22-7-40/h1-36H. The lowest BCUT2D eigenvalue weighted by atomic mass is 10.0. The van der Waals surface area contributed by atoms with Gasteiger partial charge in [-0.2, -0.15) is 0 Å². The molecule has 0 saturated heterocycles. The third kappa shape index (κ3) is 9.86. The minimum absolute atomic E-state index is 0.0977. The molecule has 0 aliphatic carbocycles. The van der Waals surface area contributed by atoms with Gasteiger partial charge in [0.1, 0.15) is 46.0 Å². The Bertz CT molecular complexity index is 3480. The third-order valence-electron chi connectivity index (χ3n) is 11.2. The summed E-state index contributed by atoms with van der Waals surface area (Å²) in [7, 11) is 0. The average molecular weight is 928 g/mol. The lowest BCUT2D eigenvalue weighted by Crippen LogP contribution is -2.01. The van der Waals surface area contributed by atoms with Gasteiger partial charge in [0.2, 0.25) is 0 Å². The van der Waals surface area contributed by atoms with Crippen LogP contribution in [0.25, 0.3) is 21.5 Å². The molecule has 0 unspecified atom stereocenters. The molecule has 7 nitrogen and oxygen atoms in total. The molecule has 0 fully saturated rings. The van der Waals surface area contributed by atoms with Crippen LogP contribution in [0.1, 0.15) is 47.8 Å². The molecular formula is C59H36Cl2O7. The first-order valence-corrected chi connectivity index (χ1v) is 22.3. The highest BCUT2D eigenvalue weighted by Gasteiger charge is 2.14. The van der Waals surface area contributed by atoms with Gasteiger partial charge in [0.15, 0.2) is 17.3 Å². The van der Waals surface area contributed by atoms with Crippen LogP contribution in [0, 0.1) is 0 Å². The molecule has 10 aromatic carbocycles. The predicted octanol–water partition coefficient (Wildman–Crippen LogP) is 16.2. The summed E-state index contributed by atoms with van der Waals surface area (Å²) >= 11 is 12.0. The predicted molar refractivity (Wildman–Crippen MR) is 267 cm³/mol. The fourth-order valence-corrected chi connectivity index (χ4v) is 7.89. The van der Waals surface area contributed by atoms with Crippen LogP contribution in [0.2, 0.25) is 10.0 Å². The van der Waals surface area contributed by atoms with Crippen LogP contribution in [0.15, 0.2) is 218 Å². The summed E-state index contributed by atoms with van der Waals surface area (Å²) in [5.74, 6) is 4.46. The zero-order valence-electron chi connectivity index (χ0n) is 35.9. The average Bonchev–Trinajstić information content (AvgIpc) is 3.37. The van der Waals surface area contributed by atoms with Crippen molar-refractivity contribution < 1.29 is 33.3 Å². The van der Waals surface area contributed by atoms with Crippen LogP contribution >= 0.6 is 23.2 Å². The molecule has 9 heteroatoms. The second kappa shape index (κ2) is 19.2. The monoisotopic (exact) mass is 926 g/mol. The smallest absolute Gasteiger partial charge is 0.193 e. The van der Waals surface area contributed by atoms with Crippen molar-refractivity contribution in [3.63, 3.8) is 0 Å². The van der Waals surface area contributed by atoms with E-state index in [0.29, 0.717) is 89.4 Å². The molecule has 10 rings (SSSR count). The number of ether oxygens (including phenoxy) is 4. The zero-order valence-corrected chi connectivity index (χ0v) is 37.4. The maximum Gasteiger partial charge on any atom is 0.193 e. The van der Waals surface area contributed by atoms with E-state index in [-0.39, 0.29) is 17.3 Å². The number of carbonyl (C=O) groups excluding carboxylic acids is 3. The summed E-state index contributed by atoms with van der Waals surface area (Å²) in [6, 6.07) is 64.8. The summed E-state index contributed by atoms with van der Waals surface area (Å²) in [5, 5.41) is 4.87. The van der Waals surface area contributed by atoms with Crippen molar-refractivity contribution in [1.29, 1.82) is 0 Å². The fraction of sp³-hybridized carbons (Fsp3) is 0. The van der Waals surface area contributed by atoms with Gasteiger partial charge in [0.25, 0.3) is 0 Å². The topological polar surface area (TPSA) is 88.1 Å². The minimum atomic E-state index is -0.140. The van der Waals surface area contributed by atoms with Gasteiger partial charge in [-0.05, 0) is 204 Å². The molecule has 0 bridgehead atoms. The Morgan fingerprint density at radius 2 is 0.588 bits per heavy atom. The number of rotatable bonds is 14. The fourth-order valence-electron chi connectivity index (χ4n) is 7.64. The van der Waals surface area contributed by atoms with E-state index >= 15 is 0 Å². The Morgan fingerprint density at radius 1 is 0.279 bits per heavy atom. The van der Waals surface area contributed by atoms with E-state index in [9.17, 15) is 14.4 Å². The van der Waals surface area contributed by atoms with Crippen LogP contribution in [0.4, 0.5) is 0 Å². The maximum absolute atomic E-state index is 13.5. The van der Waals surface area contributed by atoms with Gasteiger partial charge in [-0.15, -0.1) is 0 Å². The molecule has 68 heavy (non-hydrogen) atoms. The summed E-state index contributed by atoms with van der Waals surface area (Å²) in [4.78, 5) is 39.4. The van der Waals surface area contributed by atoms with E-state index < -0.39 is 0 Å². The Morgan fingerprint density at radius 3 is 0.971 bits per heavy atom. The number of fused-ring (bicyclic) bond motifs is 2. The van der Waals surface area contributed by atoms with E-state index in [0.717, 1.165) is 21.5 Å². The SMILES string of the molecule is O=C(c1ccc(Cl)cc1)c1ccc(Oc2ccc3ccc(Oc4ccc(C(=O)c5ccc(Oc6ccc7cccc(Oc8ccc(C(=O)c9ccc(Cl)cc9)cc8)c7c6)cc5)cc4)cc3c2)cc1. The highest BCUT2D eigenvalue weighted by Crippen LogP contribution is 2.35. The molecule has 0 aromatic heterocycles. The summed E-state index contributed by atoms with van der Waals surface area (Å²) in [5.41, 5.74) is 3.22. The van der Waals surface area contributed by atoms with Crippen molar-refractivity contribution in [2.45, 2.75) is 0 Å². The van der Waals surface area contributed by atoms with Crippen LogP contribution in [-0.4, -0.2) is 17.3 Å². The van der Waals surface area contributed by atoms with Crippen molar-refractivity contribution in [2.75, 3.05) is 0 Å². The first-order chi connectivity index (χ1) is 33.2. The van der Waals surface area contributed by atoms with Gasteiger partial charge in [-0.3, -0.25) is 14.4 Å². The van der Waals surface area contributed by atoms with Gasteiger partial charge in [-0.1, -0.05) is 53.5 Å². The van der Waals surface area contributed by atoms with Crippen LogP contribution in [-0.2, 0) is 0 Å². The van der Waals surface area contributed by atoms with E-state index in [1.807, 2.05) is 72.8 Å². The van der Waals surface area contributed by atoms with Crippen LogP contribution in [0.3, 0.4) is 0 Å². The largest absolute Gasteiger partial charge is 0.457 e. The lowest BCUT2D eigenvalue weighted by Gasteiger charge is -2.12. The molecule has 0 amide bonds. The molecule has 0 radical (unpaired) electrons. The molecule has 0 aliphatic rings. The van der Waals surface area contributed by atoms with Gasteiger partial charge < -0.3 is 18.9 Å². The molecule has 0 saturated carbocycles. The van der Waals surface area contributed by atoms with Crippen LogP contribution < -0.4 is 18.9 Å². The molecule has 328 valence electrons. The second-order valence-electron chi connectivity index (χ2n) is 15.8. The molecule has 0 N–H and O–H groups in total. The van der Waals surface area contributed by atoms with E-state index in [4.69, 9.17) is 42.1 Å². The number of hydrogen-bond acceptors (Lipinski definition) is 7. The lowest BCUT2D eigenvalue weighted by molar-refractivity contribution is 0.103. The van der Waals surface area contributed by atoms with Crippen LogP contribution in [0.5, 0.6) is 46.0 Å². The maximum atomic E-state index is 13.5. The second-order valence-corrected chi connectivity index (χ2v) is 16.7. The Labute approximate surface area is 401 Å². The van der Waals surface area contributed by atoms with Crippen molar-refractivity contribution in [3.05, 3.63) is 262 Å². The molecule has 0 aliphatic heterocycles. The van der Waals surface area contributed by atoms with E-state index in [1.54, 1.807) is 146 Å². The van der Waals surface area contributed by atoms with Crippen molar-refractivity contribution >= 4 is 62.1 Å². The quantitative estimate of drug-likeness (QED) is 0.100. The van der Waals surface area contributed by atoms with Crippen molar-refractivity contribution in [2.24, 2.45) is 0 Å². The molecule has 10 aromatic rings. The van der Waals surface area contributed by atoms with Gasteiger partial charge in [0, 0.05) is 48.8 Å². The van der Waals surface area contributed by atoms with Gasteiger partial charge in [-0.25, -0.2) is 0 Å². The summed E-state index contributed by atoms with van der Waals surface area (Å²) in [6.45, 7) is 0. The molecule has 0 atom stereocenters. The number of ketones is 3. The third-order valence-corrected chi connectivity index (χ3v) is 11.7. The molecule has 0 heterocycles. The molecular weight excluding hydrogens is 892 g/mol. The van der Waals surface area contributed by atoms with E-state index in [2.05, 4.69) is 0 Å². The highest BCUT2D eigenvalue weighted by molar-refractivity contribution is 6.31. The summed E-state index contributed by atoms with van der Waals surface area (Å²) in [6.07, 6.45) is 0. The van der Waals surface area contributed by atoms with Gasteiger partial charge >= 0.3 is 0 Å². The number of carbonyl (C=O) groups is 3. The minimum Gasteiger partial charge on any atom is -0.457 e.